The molecule has 0 fully saturated rings. The highest BCUT2D eigenvalue weighted by Gasteiger charge is 2.32. The SMILES string of the molecule is Cn1c(Oc2c(Cl)cc(OC(F)(F)F)cc2Cl)nc2cccc(C#N)c21. The van der Waals surface area contributed by atoms with Crippen LogP contribution in [0, 0.1) is 11.3 Å². The molecule has 0 aliphatic rings. The van der Waals surface area contributed by atoms with Gasteiger partial charge in [0, 0.05) is 19.2 Å². The smallest absolute Gasteiger partial charge is 0.422 e. The lowest BCUT2D eigenvalue weighted by molar-refractivity contribution is -0.274. The van der Waals surface area contributed by atoms with Gasteiger partial charge >= 0.3 is 12.4 Å². The molecule has 0 aliphatic heterocycles. The van der Waals surface area contributed by atoms with Gasteiger partial charge in [0.05, 0.1) is 26.6 Å². The lowest BCUT2D eigenvalue weighted by Crippen LogP contribution is -2.17. The van der Waals surface area contributed by atoms with E-state index in [2.05, 4.69) is 9.72 Å². The quantitative estimate of drug-likeness (QED) is 0.585. The van der Waals surface area contributed by atoms with E-state index in [1.807, 2.05) is 6.07 Å². The number of ether oxygens (including phenoxy) is 2. The van der Waals surface area contributed by atoms with Crippen molar-refractivity contribution in [2.75, 3.05) is 0 Å². The third-order valence-electron chi connectivity index (χ3n) is 3.37. The molecule has 134 valence electrons. The van der Waals surface area contributed by atoms with Crippen LogP contribution in [0.2, 0.25) is 10.0 Å². The van der Waals surface area contributed by atoms with Crippen LogP contribution in [0.15, 0.2) is 30.3 Å². The van der Waals surface area contributed by atoms with Crippen LogP contribution in [0.25, 0.3) is 11.0 Å². The molecule has 0 unspecified atom stereocenters. The Morgan fingerprint density at radius 1 is 1.19 bits per heavy atom. The zero-order chi connectivity index (χ0) is 19.1. The van der Waals surface area contributed by atoms with E-state index in [-0.39, 0.29) is 21.8 Å². The molecule has 0 radical (unpaired) electrons. The van der Waals surface area contributed by atoms with Crippen molar-refractivity contribution in [1.82, 2.24) is 9.55 Å². The van der Waals surface area contributed by atoms with E-state index in [4.69, 9.17) is 27.9 Å². The topological polar surface area (TPSA) is 60.1 Å². The van der Waals surface area contributed by atoms with Crippen LogP contribution in [0.5, 0.6) is 17.5 Å². The van der Waals surface area contributed by atoms with Crippen molar-refractivity contribution in [2.24, 2.45) is 7.05 Å². The maximum atomic E-state index is 12.3. The molecule has 0 aliphatic carbocycles. The van der Waals surface area contributed by atoms with Gasteiger partial charge in [0.2, 0.25) is 0 Å². The molecular formula is C16H8Cl2F3N3O2. The van der Waals surface area contributed by atoms with Gasteiger partial charge in [-0.2, -0.15) is 10.2 Å². The van der Waals surface area contributed by atoms with E-state index in [0.717, 1.165) is 12.1 Å². The average molecular weight is 402 g/mol. The summed E-state index contributed by atoms with van der Waals surface area (Å²) in [5, 5.41) is 8.81. The lowest BCUT2D eigenvalue weighted by atomic mass is 10.2. The first kappa shape index (κ1) is 18.2. The summed E-state index contributed by atoms with van der Waals surface area (Å²) in [4.78, 5) is 4.24. The summed E-state index contributed by atoms with van der Waals surface area (Å²) >= 11 is 12.0. The molecule has 3 aromatic rings. The highest BCUT2D eigenvalue weighted by molar-refractivity contribution is 6.37. The maximum Gasteiger partial charge on any atom is 0.573 e. The van der Waals surface area contributed by atoms with E-state index in [1.165, 1.54) is 4.57 Å². The number of hydrogen-bond donors (Lipinski definition) is 0. The summed E-state index contributed by atoms with van der Waals surface area (Å²) in [6.45, 7) is 0. The number of aryl methyl sites for hydroxylation is 1. The molecule has 0 bridgehead atoms. The monoisotopic (exact) mass is 401 g/mol. The van der Waals surface area contributed by atoms with Gasteiger partial charge in [-0.25, -0.2) is 0 Å². The molecule has 3 rings (SSSR count). The Morgan fingerprint density at radius 3 is 2.42 bits per heavy atom. The van der Waals surface area contributed by atoms with Gasteiger partial charge in [-0.05, 0) is 12.1 Å². The molecule has 2 aromatic carbocycles. The van der Waals surface area contributed by atoms with Gasteiger partial charge in [-0.3, -0.25) is 4.57 Å². The Morgan fingerprint density at radius 2 is 1.85 bits per heavy atom. The summed E-state index contributed by atoms with van der Waals surface area (Å²) in [5.41, 5.74) is 1.43. The second kappa shape index (κ2) is 6.59. The minimum Gasteiger partial charge on any atom is -0.422 e. The first-order valence-electron chi connectivity index (χ1n) is 6.98. The Labute approximate surface area is 155 Å². The first-order valence-corrected chi connectivity index (χ1v) is 7.73. The molecule has 10 heteroatoms. The molecular weight excluding hydrogens is 394 g/mol. The van der Waals surface area contributed by atoms with Crippen molar-refractivity contribution in [3.8, 4) is 23.6 Å². The number of alkyl halides is 3. The van der Waals surface area contributed by atoms with Crippen molar-refractivity contribution >= 4 is 34.2 Å². The number of rotatable bonds is 3. The minimum atomic E-state index is -4.87. The number of nitrogens with zero attached hydrogens (tertiary/aromatic N) is 3. The molecule has 1 aromatic heterocycles. The van der Waals surface area contributed by atoms with Crippen LogP contribution in [-0.4, -0.2) is 15.9 Å². The molecule has 1 heterocycles. The number of fused-ring (bicyclic) bond motifs is 1. The normalized spacial score (nSPS) is 11.4. The van der Waals surface area contributed by atoms with E-state index in [1.54, 1.807) is 25.2 Å². The van der Waals surface area contributed by atoms with Crippen LogP contribution in [0.3, 0.4) is 0 Å². The third-order valence-corrected chi connectivity index (χ3v) is 3.93. The molecule has 0 saturated carbocycles. The maximum absolute atomic E-state index is 12.3. The van der Waals surface area contributed by atoms with Crippen molar-refractivity contribution in [3.63, 3.8) is 0 Å². The van der Waals surface area contributed by atoms with Crippen LogP contribution >= 0.6 is 23.2 Å². The fourth-order valence-corrected chi connectivity index (χ4v) is 2.89. The first-order chi connectivity index (χ1) is 12.2. The summed E-state index contributed by atoms with van der Waals surface area (Å²) in [6, 6.07) is 8.95. The molecule has 0 atom stereocenters. The second-order valence-electron chi connectivity index (χ2n) is 5.10. The molecule has 26 heavy (non-hydrogen) atoms. The number of benzene rings is 2. The summed E-state index contributed by atoms with van der Waals surface area (Å²) in [5.74, 6) is -0.656. The van der Waals surface area contributed by atoms with Crippen LogP contribution in [-0.2, 0) is 7.05 Å². The average Bonchev–Trinajstić information content (AvgIpc) is 2.85. The standard InChI is InChI=1S/C16H8Cl2F3N3O2/c1-24-13-8(7-22)3-2-4-12(13)23-15(24)25-14-10(17)5-9(6-11(14)18)26-16(19,20)21/h2-6H,1H3. The van der Waals surface area contributed by atoms with E-state index in [0.29, 0.717) is 16.6 Å². The minimum absolute atomic E-state index is 0.0657. The van der Waals surface area contributed by atoms with Gasteiger partial charge in [0.1, 0.15) is 11.8 Å². The molecule has 0 N–H and O–H groups in total. The Bertz CT molecular complexity index is 1020. The van der Waals surface area contributed by atoms with Gasteiger partial charge in [0.15, 0.2) is 5.75 Å². The fraction of sp³-hybridized carbons (Fsp3) is 0.125. The van der Waals surface area contributed by atoms with Crippen LogP contribution < -0.4 is 9.47 Å². The van der Waals surface area contributed by atoms with Gasteiger partial charge in [-0.1, -0.05) is 29.3 Å². The van der Waals surface area contributed by atoms with E-state index < -0.39 is 12.1 Å². The molecule has 0 amide bonds. The van der Waals surface area contributed by atoms with Gasteiger partial charge < -0.3 is 9.47 Å². The fourth-order valence-electron chi connectivity index (χ4n) is 2.35. The highest BCUT2D eigenvalue weighted by Crippen LogP contribution is 2.41. The molecule has 5 nitrogen and oxygen atoms in total. The number of para-hydroxylation sites is 1. The summed E-state index contributed by atoms with van der Waals surface area (Å²) < 4.78 is 47.8. The second-order valence-corrected chi connectivity index (χ2v) is 5.92. The van der Waals surface area contributed by atoms with Crippen LogP contribution in [0.1, 0.15) is 5.56 Å². The predicted molar refractivity (Wildman–Crippen MR) is 88.6 cm³/mol. The Kier molecular flexibility index (Phi) is 4.61. The lowest BCUT2D eigenvalue weighted by Gasteiger charge is -2.13. The number of nitriles is 1. The zero-order valence-corrected chi connectivity index (χ0v) is 14.4. The van der Waals surface area contributed by atoms with Crippen molar-refractivity contribution in [1.29, 1.82) is 5.26 Å². The Hall–Kier alpha value is -2.63. The molecule has 0 spiro atoms. The highest BCUT2D eigenvalue weighted by atomic mass is 35.5. The largest absolute Gasteiger partial charge is 0.573 e. The van der Waals surface area contributed by atoms with Crippen molar-refractivity contribution < 1.29 is 22.6 Å². The van der Waals surface area contributed by atoms with E-state index >= 15 is 0 Å². The third kappa shape index (κ3) is 3.49. The van der Waals surface area contributed by atoms with Crippen LogP contribution in [0.4, 0.5) is 13.2 Å². The number of aromatic nitrogens is 2. The molecule has 0 saturated heterocycles. The van der Waals surface area contributed by atoms with E-state index in [9.17, 15) is 18.4 Å². The number of hydrogen-bond acceptors (Lipinski definition) is 4. The number of halogens is 5. The Balaban J connectivity index is 2.01. The van der Waals surface area contributed by atoms with Gasteiger partial charge in [0.25, 0.3) is 0 Å². The number of imidazole rings is 1. The predicted octanol–water partition coefficient (Wildman–Crippen LogP) is 5.44. The van der Waals surface area contributed by atoms with Crippen molar-refractivity contribution in [3.05, 3.63) is 45.9 Å². The van der Waals surface area contributed by atoms with Crippen molar-refractivity contribution in [2.45, 2.75) is 6.36 Å². The zero-order valence-electron chi connectivity index (χ0n) is 12.9. The summed E-state index contributed by atoms with van der Waals surface area (Å²) in [6.07, 6.45) is -4.87. The summed E-state index contributed by atoms with van der Waals surface area (Å²) in [7, 11) is 1.62. The van der Waals surface area contributed by atoms with Gasteiger partial charge in [-0.15, -0.1) is 13.2 Å².